The number of carbonyl (C=O) groups is 1. The third kappa shape index (κ3) is 3.23. The van der Waals surface area contributed by atoms with E-state index in [0.29, 0.717) is 35.3 Å². The Morgan fingerprint density at radius 1 is 1.00 bits per heavy atom. The zero-order valence-electron chi connectivity index (χ0n) is 21.3. The van der Waals surface area contributed by atoms with E-state index in [1.54, 1.807) is 18.2 Å². The molecule has 6 rings (SSSR count). The highest BCUT2D eigenvalue weighted by Crippen LogP contribution is 2.60. The molecule has 36 heavy (non-hydrogen) atoms. The zero-order chi connectivity index (χ0) is 25.5. The van der Waals surface area contributed by atoms with Crippen molar-refractivity contribution in [3.8, 4) is 0 Å². The number of allylic oxidation sites excluding steroid dienone is 2. The smallest absolute Gasteiger partial charge is 0.212 e. The van der Waals surface area contributed by atoms with Crippen molar-refractivity contribution >= 4 is 32.1 Å². The Morgan fingerprint density at radius 3 is 2.53 bits per heavy atom. The molecule has 3 saturated carbocycles. The Hall–Kier alpha value is -2.44. The van der Waals surface area contributed by atoms with Crippen LogP contribution in [0.5, 0.6) is 0 Å². The molecule has 0 spiro atoms. The van der Waals surface area contributed by atoms with Crippen LogP contribution in [0.15, 0.2) is 64.6 Å². The normalized spacial score (nSPS) is 33.9. The van der Waals surface area contributed by atoms with E-state index in [0.717, 1.165) is 48.8 Å². The number of ketones is 1. The molecule has 0 amide bonds. The molecular weight excluding hydrogens is 470 g/mol. The van der Waals surface area contributed by atoms with Crippen molar-refractivity contribution < 1.29 is 18.3 Å². The van der Waals surface area contributed by atoms with Crippen molar-refractivity contribution in [2.45, 2.75) is 61.7 Å². The minimum atomic E-state index is -4.07. The van der Waals surface area contributed by atoms with Crippen molar-refractivity contribution in [2.75, 3.05) is 19.0 Å². The number of fused-ring (bicyclic) bond motifs is 6. The number of rotatable bonds is 3. The summed E-state index contributed by atoms with van der Waals surface area (Å²) < 4.78 is 28.0. The number of anilines is 1. The molecule has 1 unspecified atom stereocenters. The van der Waals surface area contributed by atoms with Crippen LogP contribution in [-0.2, 0) is 14.6 Å². The average molecular weight is 506 g/mol. The van der Waals surface area contributed by atoms with Gasteiger partial charge in [0.25, 0.3) is 0 Å². The monoisotopic (exact) mass is 505 g/mol. The Kier molecular flexibility index (Phi) is 5.34. The second-order valence-electron chi connectivity index (χ2n) is 11.7. The standard InChI is InChI=1S/C30H35NO4S/c1-29-16-14-21-20-15-17-30(33,18-19(20)10-11-22(21)25(29)12-13-28(29)32)36(34,35)27-9-5-6-23-24(27)7-4-8-26(23)31(2)3/h4-9,15,18,21-22,25,33H,10-14,16-17H2,1-3H3/t21-,22-,25+,29+,30?/m1/s1. The summed E-state index contributed by atoms with van der Waals surface area (Å²) in [5.41, 5.74) is 2.96. The van der Waals surface area contributed by atoms with Gasteiger partial charge in [0.15, 0.2) is 4.93 Å². The number of aliphatic hydroxyl groups is 1. The van der Waals surface area contributed by atoms with Gasteiger partial charge in [-0.05, 0) is 79.2 Å². The summed E-state index contributed by atoms with van der Waals surface area (Å²) >= 11 is 0. The first kappa shape index (κ1) is 23.9. The molecule has 5 atom stereocenters. The van der Waals surface area contributed by atoms with Gasteiger partial charge >= 0.3 is 0 Å². The zero-order valence-corrected chi connectivity index (χ0v) is 22.1. The molecule has 0 saturated heterocycles. The Morgan fingerprint density at radius 2 is 1.75 bits per heavy atom. The number of nitrogens with zero attached hydrogens (tertiary/aromatic N) is 1. The fourth-order valence-corrected chi connectivity index (χ4v) is 9.55. The van der Waals surface area contributed by atoms with Crippen LogP contribution in [0, 0.1) is 23.2 Å². The highest BCUT2D eigenvalue weighted by molar-refractivity contribution is 7.93. The molecule has 4 aliphatic rings. The molecule has 4 aliphatic carbocycles. The second-order valence-corrected chi connectivity index (χ2v) is 13.9. The molecule has 0 heterocycles. The third-order valence-electron chi connectivity index (χ3n) is 9.77. The Bertz CT molecular complexity index is 1440. The first-order valence-electron chi connectivity index (χ1n) is 13.2. The molecule has 0 bridgehead atoms. The summed E-state index contributed by atoms with van der Waals surface area (Å²) in [5.74, 6) is 1.69. The molecule has 0 radical (unpaired) electrons. The fraction of sp³-hybridized carbons (Fsp3) is 0.500. The lowest BCUT2D eigenvalue weighted by Gasteiger charge is -2.50. The summed E-state index contributed by atoms with van der Waals surface area (Å²) in [5, 5.41) is 13.2. The minimum absolute atomic E-state index is 0.0576. The number of Topliss-reactive ketones (excluding diaryl/α,β-unsaturated/α-hetero) is 1. The van der Waals surface area contributed by atoms with Crippen molar-refractivity contribution in [3.05, 3.63) is 59.7 Å². The molecular formula is C30H35NO4S. The topological polar surface area (TPSA) is 74.7 Å². The lowest BCUT2D eigenvalue weighted by Crippen LogP contribution is -2.45. The lowest BCUT2D eigenvalue weighted by molar-refractivity contribution is -0.129. The molecule has 0 aromatic heterocycles. The van der Waals surface area contributed by atoms with Gasteiger partial charge in [-0.1, -0.05) is 37.3 Å². The molecule has 190 valence electrons. The molecule has 3 fully saturated rings. The van der Waals surface area contributed by atoms with Crippen molar-refractivity contribution in [1.29, 1.82) is 0 Å². The van der Waals surface area contributed by atoms with E-state index in [4.69, 9.17) is 0 Å². The van der Waals surface area contributed by atoms with Gasteiger partial charge in [0.2, 0.25) is 9.84 Å². The maximum Gasteiger partial charge on any atom is 0.212 e. The molecule has 1 N–H and O–H groups in total. The minimum Gasteiger partial charge on any atom is -0.377 e. The van der Waals surface area contributed by atoms with Crippen LogP contribution in [-0.4, -0.2) is 38.3 Å². The number of hydrogen-bond acceptors (Lipinski definition) is 5. The molecule has 0 aliphatic heterocycles. The quantitative estimate of drug-likeness (QED) is 0.602. The average Bonchev–Trinajstić information content (AvgIpc) is 3.17. The van der Waals surface area contributed by atoms with Gasteiger partial charge in [-0.15, -0.1) is 0 Å². The number of sulfone groups is 1. The second kappa shape index (κ2) is 8.03. The fourth-order valence-electron chi connectivity index (χ4n) is 7.84. The van der Waals surface area contributed by atoms with Gasteiger partial charge in [-0.2, -0.15) is 0 Å². The van der Waals surface area contributed by atoms with E-state index >= 15 is 0 Å². The van der Waals surface area contributed by atoms with Crippen LogP contribution in [0.2, 0.25) is 0 Å². The molecule has 2 aromatic rings. The predicted molar refractivity (Wildman–Crippen MR) is 142 cm³/mol. The summed E-state index contributed by atoms with van der Waals surface area (Å²) in [6, 6.07) is 11.0. The van der Waals surface area contributed by atoms with E-state index in [1.807, 2.05) is 49.3 Å². The van der Waals surface area contributed by atoms with Gasteiger partial charge in [-0.25, -0.2) is 8.42 Å². The number of hydrogen-bond donors (Lipinski definition) is 1. The van der Waals surface area contributed by atoms with Crippen LogP contribution in [0.25, 0.3) is 10.8 Å². The van der Waals surface area contributed by atoms with Crippen molar-refractivity contribution in [2.24, 2.45) is 23.2 Å². The molecule has 5 nitrogen and oxygen atoms in total. The van der Waals surface area contributed by atoms with Crippen molar-refractivity contribution in [3.63, 3.8) is 0 Å². The summed E-state index contributed by atoms with van der Waals surface area (Å²) in [6.45, 7) is 2.17. The van der Waals surface area contributed by atoms with E-state index in [9.17, 15) is 18.3 Å². The molecule has 6 heteroatoms. The SMILES string of the molecule is CN(C)c1cccc2c(S(=O)(=O)C3(O)C=C4CC[C@@H]5[C@H](CC[C@]6(C)C(=O)CC[C@@H]56)C4=CC3)cccc12. The predicted octanol–water partition coefficient (Wildman–Crippen LogP) is 5.43. The third-order valence-corrected chi connectivity index (χ3v) is 11.9. The van der Waals surface area contributed by atoms with Gasteiger partial charge in [0, 0.05) is 48.8 Å². The molecule has 2 aromatic carbocycles. The van der Waals surface area contributed by atoms with E-state index < -0.39 is 14.8 Å². The largest absolute Gasteiger partial charge is 0.377 e. The highest BCUT2D eigenvalue weighted by Gasteiger charge is 2.56. The number of carbonyl (C=O) groups excluding carboxylic acids is 1. The maximum atomic E-state index is 14.0. The summed E-state index contributed by atoms with van der Waals surface area (Å²) in [4.78, 5) is 12.8. The number of benzene rings is 2. The first-order chi connectivity index (χ1) is 17.1. The Labute approximate surface area is 213 Å². The lowest BCUT2D eigenvalue weighted by atomic mass is 9.54. The van der Waals surface area contributed by atoms with Crippen LogP contribution in [0.1, 0.15) is 51.9 Å². The summed E-state index contributed by atoms with van der Waals surface area (Å²) in [7, 11) is -0.195. The van der Waals surface area contributed by atoms with Crippen LogP contribution in [0.4, 0.5) is 5.69 Å². The van der Waals surface area contributed by atoms with Gasteiger partial charge in [0.05, 0.1) is 4.90 Å². The van der Waals surface area contributed by atoms with Gasteiger partial charge < -0.3 is 10.0 Å². The van der Waals surface area contributed by atoms with Crippen LogP contribution >= 0.6 is 0 Å². The summed E-state index contributed by atoms with van der Waals surface area (Å²) in [6.07, 6.45) is 8.98. The first-order valence-corrected chi connectivity index (χ1v) is 14.7. The van der Waals surface area contributed by atoms with E-state index in [-0.39, 0.29) is 16.7 Å². The van der Waals surface area contributed by atoms with Crippen LogP contribution < -0.4 is 4.90 Å². The van der Waals surface area contributed by atoms with E-state index in [2.05, 4.69) is 6.92 Å². The van der Waals surface area contributed by atoms with Gasteiger partial charge in [-0.3, -0.25) is 4.79 Å². The highest BCUT2D eigenvalue weighted by atomic mass is 32.2. The Balaban J connectivity index is 1.36. The van der Waals surface area contributed by atoms with E-state index in [1.165, 1.54) is 5.57 Å². The van der Waals surface area contributed by atoms with Crippen LogP contribution in [0.3, 0.4) is 0 Å². The maximum absolute atomic E-state index is 14.0. The van der Waals surface area contributed by atoms with Crippen molar-refractivity contribution in [1.82, 2.24) is 0 Å². The van der Waals surface area contributed by atoms with Gasteiger partial charge in [0.1, 0.15) is 5.78 Å².